The molecule has 2 nitrogen and oxygen atoms in total. The largest absolute Gasteiger partial charge is 0.303 e. The third-order valence-corrected chi connectivity index (χ3v) is 1.84. The van der Waals surface area contributed by atoms with Crippen LogP contribution in [-0.2, 0) is 9.59 Å². The molecule has 0 amide bonds. The van der Waals surface area contributed by atoms with E-state index in [-0.39, 0.29) is 5.78 Å². The Hall–Kier alpha value is -1.18. The van der Waals surface area contributed by atoms with Crippen molar-refractivity contribution in [3.8, 4) is 0 Å². The normalized spacial score (nSPS) is 11.6. The lowest BCUT2D eigenvalue weighted by Crippen LogP contribution is -2.16. The Kier molecular flexibility index (Phi) is 5.06. The fraction of sp³-hybridized carbons (Fsp3) is 0.500. The fourth-order valence-electron chi connectivity index (χ4n) is 1.02. The summed E-state index contributed by atoms with van der Waals surface area (Å²) < 4.78 is 0. The minimum atomic E-state index is -0.493. The number of hydrogen-bond acceptors (Lipinski definition) is 2. The molecule has 0 fully saturated rings. The Labute approximate surface area is 85.7 Å². The first kappa shape index (κ1) is 12.8. The summed E-state index contributed by atoms with van der Waals surface area (Å²) in [5.41, 5.74) is -0.000849. The molecule has 0 aliphatic rings. The lowest BCUT2D eigenvalue weighted by molar-refractivity contribution is -0.115. The Balaban J connectivity index is 4.29. The Morgan fingerprint density at radius 2 is 2.00 bits per heavy atom. The van der Waals surface area contributed by atoms with Gasteiger partial charge in [-0.3, -0.25) is 4.79 Å². The van der Waals surface area contributed by atoms with Gasteiger partial charge in [0.1, 0.15) is 6.29 Å². The standard InChI is InChI=1S/C12H18O2/c1-5-6-7-11(14)10(2)8-12(3,4)9-13/h6-7,9H,2,5,8H2,1,3-4H3. The molecule has 0 N–H and O–H groups in total. The van der Waals surface area contributed by atoms with E-state index in [9.17, 15) is 9.59 Å². The summed E-state index contributed by atoms with van der Waals surface area (Å²) in [4.78, 5) is 22.0. The number of carbonyl (C=O) groups is 2. The number of carbonyl (C=O) groups excluding carboxylic acids is 2. The summed E-state index contributed by atoms with van der Waals surface area (Å²) >= 11 is 0. The van der Waals surface area contributed by atoms with E-state index in [4.69, 9.17) is 0 Å². The second-order valence-corrected chi connectivity index (χ2v) is 4.06. The highest BCUT2D eigenvalue weighted by molar-refractivity contribution is 6.03. The summed E-state index contributed by atoms with van der Waals surface area (Å²) in [7, 11) is 0. The van der Waals surface area contributed by atoms with Crippen LogP contribution in [0.4, 0.5) is 0 Å². The number of ketones is 1. The third-order valence-electron chi connectivity index (χ3n) is 1.84. The van der Waals surface area contributed by atoms with Gasteiger partial charge in [-0.2, -0.15) is 0 Å². The molecule has 0 aliphatic heterocycles. The maximum Gasteiger partial charge on any atom is 0.180 e. The Morgan fingerprint density at radius 1 is 1.43 bits per heavy atom. The second kappa shape index (κ2) is 5.53. The Morgan fingerprint density at radius 3 is 2.43 bits per heavy atom. The molecule has 0 bridgehead atoms. The fourth-order valence-corrected chi connectivity index (χ4v) is 1.02. The number of allylic oxidation sites excluding steroid dienone is 3. The van der Waals surface area contributed by atoms with E-state index in [0.717, 1.165) is 12.7 Å². The van der Waals surface area contributed by atoms with E-state index >= 15 is 0 Å². The van der Waals surface area contributed by atoms with Gasteiger partial charge in [0.25, 0.3) is 0 Å². The van der Waals surface area contributed by atoms with Gasteiger partial charge >= 0.3 is 0 Å². The number of rotatable bonds is 6. The molecule has 0 aromatic rings. The van der Waals surface area contributed by atoms with E-state index < -0.39 is 5.41 Å². The smallest absolute Gasteiger partial charge is 0.180 e. The summed E-state index contributed by atoms with van der Waals surface area (Å²) in [5.74, 6) is -0.0817. The van der Waals surface area contributed by atoms with Gasteiger partial charge in [-0.1, -0.05) is 33.4 Å². The molecule has 0 unspecified atom stereocenters. The molecule has 0 spiro atoms. The topological polar surface area (TPSA) is 34.1 Å². The zero-order valence-electron chi connectivity index (χ0n) is 9.17. The van der Waals surface area contributed by atoms with Crippen molar-refractivity contribution in [1.82, 2.24) is 0 Å². The van der Waals surface area contributed by atoms with Crippen molar-refractivity contribution in [3.05, 3.63) is 24.3 Å². The van der Waals surface area contributed by atoms with E-state index in [0.29, 0.717) is 12.0 Å². The van der Waals surface area contributed by atoms with Crippen LogP contribution in [0.1, 0.15) is 33.6 Å². The predicted molar refractivity (Wildman–Crippen MR) is 58.0 cm³/mol. The van der Waals surface area contributed by atoms with Gasteiger partial charge in [0.2, 0.25) is 0 Å². The number of aldehydes is 1. The molecule has 2 heteroatoms. The summed E-state index contributed by atoms with van der Waals surface area (Å²) in [6, 6.07) is 0. The van der Waals surface area contributed by atoms with Gasteiger partial charge in [0.05, 0.1) is 0 Å². The average molecular weight is 194 g/mol. The zero-order valence-corrected chi connectivity index (χ0v) is 9.17. The van der Waals surface area contributed by atoms with Crippen molar-refractivity contribution < 1.29 is 9.59 Å². The molecule has 0 saturated heterocycles. The molecular weight excluding hydrogens is 176 g/mol. The summed E-state index contributed by atoms with van der Waals surface area (Å²) in [5, 5.41) is 0. The van der Waals surface area contributed by atoms with Crippen LogP contribution in [-0.4, -0.2) is 12.1 Å². The van der Waals surface area contributed by atoms with Crippen LogP contribution in [0.3, 0.4) is 0 Å². The van der Waals surface area contributed by atoms with Crippen LogP contribution >= 0.6 is 0 Å². The summed E-state index contributed by atoms with van der Waals surface area (Å²) in [6.45, 7) is 9.23. The van der Waals surface area contributed by atoms with Gasteiger partial charge in [0, 0.05) is 5.41 Å². The molecule has 0 rings (SSSR count). The third kappa shape index (κ3) is 4.75. The molecule has 78 valence electrons. The zero-order chi connectivity index (χ0) is 11.2. The first-order valence-electron chi connectivity index (χ1n) is 4.78. The molecule has 0 atom stereocenters. The highest BCUT2D eigenvalue weighted by Gasteiger charge is 2.19. The Bertz CT molecular complexity index is 259. The first-order valence-corrected chi connectivity index (χ1v) is 4.78. The van der Waals surface area contributed by atoms with Gasteiger partial charge in [-0.05, 0) is 24.5 Å². The highest BCUT2D eigenvalue weighted by atomic mass is 16.1. The monoisotopic (exact) mass is 194 g/mol. The maximum absolute atomic E-state index is 11.4. The van der Waals surface area contributed by atoms with Crippen molar-refractivity contribution in [3.63, 3.8) is 0 Å². The van der Waals surface area contributed by atoms with Gasteiger partial charge in [0.15, 0.2) is 5.78 Å². The molecule has 0 aromatic heterocycles. The van der Waals surface area contributed by atoms with Crippen LogP contribution in [0.2, 0.25) is 0 Å². The maximum atomic E-state index is 11.4. The van der Waals surface area contributed by atoms with Crippen LogP contribution in [0, 0.1) is 5.41 Å². The van der Waals surface area contributed by atoms with Crippen molar-refractivity contribution in [2.45, 2.75) is 33.6 Å². The van der Waals surface area contributed by atoms with E-state index in [2.05, 4.69) is 6.58 Å². The van der Waals surface area contributed by atoms with E-state index in [1.165, 1.54) is 6.08 Å². The van der Waals surface area contributed by atoms with Crippen LogP contribution < -0.4 is 0 Å². The summed E-state index contributed by atoms with van der Waals surface area (Å²) in [6.07, 6.45) is 5.42. The minimum absolute atomic E-state index is 0.0817. The quantitative estimate of drug-likeness (QED) is 0.481. The molecule has 0 heterocycles. The molecule has 0 aliphatic carbocycles. The molecular formula is C12H18O2. The van der Waals surface area contributed by atoms with Crippen LogP contribution in [0.15, 0.2) is 24.3 Å². The minimum Gasteiger partial charge on any atom is -0.303 e. The van der Waals surface area contributed by atoms with Gasteiger partial charge < -0.3 is 4.79 Å². The van der Waals surface area contributed by atoms with Crippen molar-refractivity contribution in [2.24, 2.45) is 5.41 Å². The van der Waals surface area contributed by atoms with Crippen molar-refractivity contribution in [2.75, 3.05) is 0 Å². The lowest BCUT2D eigenvalue weighted by atomic mass is 9.86. The number of hydrogen-bond donors (Lipinski definition) is 0. The molecule has 0 aromatic carbocycles. The van der Waals surface area contributed by atoms with E-state index in [1.807, 2.05) is 6.92 Å². The van der Waals surface area contributed by atoms with E-state index in [1.54, 1.807) is 19.9 Å². The van der Waals surface area contributed by atoms with Crippen molar-refractivity contribution in [1.29, 1.82) is 0 Å². The molecule has 0 saturated carbocycles. The van der Waals surface area contributed by atoms with Crippen molar-refractivity contribution >= 4 is 12.1 Å². The van der Waals surface area contributed by atoms with Gasteiger partial charge in [-0.25, -0.2) is 0 Å². The van der Waals surface area contributed by atoms with Crippen LogP contribution in [0.5, 0.6) is 0 Å². The first-order chi connectivity index (χ1) is 6.43. The van der Waals surface area contributed by atoms with Crippen LogP contribution in [0.25, 0.3) is 0 Å². The average Bonchev–Trinajstić information content (AvgIpc) is 2.13. The highest BCUT2D eigenvalue weighted by Crippen LogP contribution is 2.22. The molecule has 14 heavy (non-hydrogen) atoms. The predicted octanol–water partition coefficient (Wildman–Crippen LogP) is 2.69. The molecule has 0 radical (unpaired) electrons. The van der Waals surface area contributed by atoms with Gasteiger partial charge in [-0.15, -0.1) is 0 Å². The second-order valence-electron chi connectivity index (χ2n) is 4.06. The lowest BCUT2D eigenvalue weighted by Gasteiger charge is -2.16. The SMILES string of the molecule is C=C(CC(C)(C)C=O)C(=O)C=CCC.